The molecule has 2 aliphatic rings. The summed E-state index contributed by atoms with van der Waals surface area (Å²) in [5.74, 6) is 2.71. The van der Waals surface area contributed by atoms with E-state index in [2.05, 4.69) is 59.2 Å². The molecule has 0 aromatic carbocycles. The van der Waals surface area contributed by atoms with Gasteiger partial charge in [-0.2, -0.15) is 0 Å². The molecule has 2 fully saturated rings. The molecule has 2 aromatic rings. The van der Waals surface area contributed by atoms with Crippen LogP contribution in [-0.4, -0.2) is 41.1 Å². The van der Waals surface area contributed by atoms with E-state index in [-0.39, 0.29) is 0 Å². The third-order valence-electron chi connectivity index (χ3n) is 6.71. The average molecular weight is 372 g/mol. The Morgan fingerprint density at radius 1 is 1.00 bits per heavy atom. The Kier molecular flexibility index (Phi) is 7.11. The van der Waals surface area contributed by atoms with Crippen LogP contribution in [0.2, 0.25) is 0 Å². The molecule has 0 spiro atoms. The van der Waals surface area contributed by atoms with Crippen molar-refractivity contribution in [2.24, 2.45) is 11.8 Å². The second-order valence-electron chi connectivity index (χ2n) is 8.53. The molecule has 0 aliphatic heterocycles. The lowest BCUT2D eigenvalue weighted by Crippen LogP contribution is -2.39. The summed E-state index contributed by atoms with van der Waals surface area (Å²) in [6.07, 6.45) is 14.6. The number of nitrogens with one attached hydrogen (secondary N) is 2. The molecule has 4 unspecified atom stereocenters. The molecule has 5 heteroatoms. The molecular weight excluding hydrogens is 334 g/mol. The largest absolute Gasteiger partial charge is 0.356 e. The molecule has 2 aromatic heterocycles. The van der Waals surface area contributed by atoms with Crippen LogP contribution >= 0.6 is 0 Å². The van der Waals surface area contributed by atoms with Crippen molar-refractivity contribution in [1.82, 2.24) is 20.3 Å². The van der Waals surface area contributed by atoms with Gasteiger partial charge < -0.3 is 15.2 Å². The summed E-state index contributed by atoms with van der Waals surface area (Å²) in [4.78, 5) is 14.2. The Morgan fingerprint density at radius 2 is 1.70 bits per heavy atom. The van der Waals surface area contributed by atoms with Crippen LogP contribution in [0.3, 0.4) is 0 Å². The van der Waals surface area contributed by atoms with Gasteiger partial charge in [0.25, 0.3) is 0 Å². The van der Waals surface area contributed by atoms with Gasteiger partial charge >= 0.3 is 0 Å². The van der Waals surface area contributed by atoms with Crippen LogP contribution in [-0.2, 0) is 0 Å². The van der Waals surface area contributed by atoms with E-state index in [4.69, 9.17) is 0 Å². The van der Waals surface area contributed by atoms with Gasteiger partial charge in [0.15, 0.2) is 0 Å². The van der Waals surface area contributed by atoms with Gasteiger partial charge in [-0.25, -0.2) is 9.97 Å². The van der Waals surface area contributed by atoms with Crippen LogP contribution < -0.4 is 10.2 Å². The van der Waals surface area contributed by atoms with Crippen molar-refractivity contribution in [3.63, 3.8) is 0 Å². The molecule has 150 valence electrons. The Balaban J connectivity index is 0.000000197. The van der Waals surface area contributed by atoms with Crippen LogP contribution in [0, 0.1) is 11.8 Å². The highest BCUT2D eigenvalue weighted by molar-refractivity contribution is 5.87. The van der Waals surface area contributed by atoms with Crippen molar-refractivity contribution in [1.29, 1.82) is 0 Å². The number of hydrogen-bond acceptors (Lipinski definition) is 4. The standard InChI is InChI=1S/C14H20N4.C8H17N/c1-10-5-3-4-6-12(10)18(2)14-11-7-8-15-13(11)16-9-17-14;1-7-5-3-4-6-8(7)9-2/h7-10,12H,3-6H2,1-2H3,(H,15,16,17);7-9H,3-6H2,1-2H3. The molecule has 0 bridgehead atoms. The minimum absolute atomic E-state index is 0.603. The maximum atomic E-state index is 4.48. The first-order valence-electron chi connectivity index (χ1n) is 10.8. The van der Waals surface area contributed by atoms with Crippen molar-refractivity contribution in [3.05, 3.63) is 18.6 Å². The van der Waals surface area contributed by atoms with Crippen LogP contribution in [0.5, 0.6) is 0 Å². The monoisotopic (exact) mass is 371 g/mol. The van der Waals surface area contributed by atoms with Crippen molar-refractivity contribution >= 4 is 16.9 Å². The van der Waals surface area contributed by atoms with E-state index < -0.39 is 0 Å². The third kappa shape index (κ3) is 4.81. The highest BCUT2D eigenvalue weighted by atomic mass is 15.2. The molecule has 0 radical (unpaired) electrons. The third-order valence-corrected chi connectivity index (χ3v) is 6.71. The lowest BCUT2D eigenvalue weighted by molar-refractivity contribution is 0.294. The zero-order chi connectivity index (χ0) is 19.2. The number of aromatic nitrogens is 3. The van der Waals surface area contributed by atoms with Crippen molar-refractivity contribution in [3.8, 4) is 0 Å². The second-order valence-corrected chi connectivity index (χ2v) is 8.53. The smallest absolute Gasteiger partial charge is 0.142 e. The lowest BCUT2D eigenvalue weighted by atomic mass is 9.85. The lowest BCUT2D eigenvalue weighted by Gasteiger charge is -2.37. The van der Waals surface area contributed by atoms with E-state index in [1.54, 1.807) is 6.33 Å². The van der Waals surface area contributed by atoms with Crippen molar-refractivity contribution < 1.29 is 0 Å². The number of fused-ring (bicyclic) bond motifs is 1. The SMILES string of the molecule is CC1CCCCC1N(C)c1ncnc2[nH]ccc12.CNC1CCCCC1C. The number of H-pyrrole nitrogens is 1. The van der Waals surface area contributed by atoms with Gasteiger partial charge in [0, 0.05) is 25.3 Å². The van der Waals surface area contributed by atoms with E-state index >= 15 is 0 Å². The maximum Gasteiger partial charge on any atom is 0.142 e. The van der Waals surface area contributed by atoms with Gasteiger partial charge in [-0.05, 0) is 50.6 Å². The normalized spacial score (nSPS) is 28.4. The average Bonchev–Trinajstić information content (AvgIpc) is 3.18. The van der Waals surface area contributed by atoms with Crippen LogP contribution in [0.1, 0.15) is 65.2 Å². The van der Waals surface area contributed by atoms with Gasteiger partial charge in [-0.1, -0.05) is 39.5 Å². The van der Waals surface area contributed by atoms with E-state index in [1.807, 2.05) is 6.20 Å². The molecular formula is C22H37N5. The van der Waals surface area contributed by atoms with E-state index in [1.165, 1.54) is 51.4 Å². The van der Waals surface area contributed by atoms with Gasteiger partial charge in [-0.3, -0.25) is 0 Å². The predicted octanol–water partition coefficient (Wildman–Crippen LogP) is 4.76. The highest BCUT2D eigenvalue weighted by Crippen LogP contribution is 2.32. The van der Waals surface area contributed by atoms with Gasteiger partial charge in [-0.15, -0.1) is 0 Å². The summed E-state index contributed by atoms with van der Waals surface area (Å²) >= 11 is 0. The highest BCUT2D eigenvalue weighted by Gasteiger charge is 2.26. The molecule has 4 atom stereocenters. The second kappa shape index (κ2) is 9.54. The quantitative estimate of drug-likeness (QED) is 0.817. The fourth-order valence-corrected chi connectivity index (χ4v) is 4.91. The Hall–Kier alpha value is -1.62. The van der Waals surface area contributed by atoms with E-state index in [0.29, 0.717) is 6.04 Å². The topological polar surface area (TPSA) is 56.8 Å². The van der Waals surface area contributed by atoms with Crippen LogP contribution in [0.15, 0.2) is 18.6 Å². The Bertz CT molecular complexity index is 697. The molecule has 27 heavy (non-hydrogen) atoms. The molecule has 2 saturated carbocycles. The predicted molar refractivity (Wildman–Crippen MR) is 114 cm³/mol. The molecule has 0 amide bonds. The fraction of sp³-hybridized carbons (Fsp3) is 0.727. The minimum atomic E-state index is 0.603. The van der Waals surface area contributed by atoms with Crippen LogP contribution in [0.4, 0.5) is 5.82 Å². The number of hydrogen-bond donors (Lipinski definition) is 2. The van der Waals surface area contributed by atoms with Gasteiger partial charge in [0.05, 0.1) is 5.39 Å². The van der Waals surface area contributed by atoms with E-state index in [9.17, 15) is 0 Å². The van der Waals surface area contributed by atoms with Gasteiger partial charge in [0.1, 0.15) is 17.8 Å². The molecule has 2 heterocycles. The fourth-order valence-electron chi connectivity index (χ4n) is 4.91. The van der Waals surface area contributed by atoms with Crippen molar-refractivity contribution in [2.75, 3.05) is 19.0 Å². The Labute approximate surface area is 164 Å². The molecule has 4 rings (SSSR count). The summed E-state index contributed by atoms with van der Waals surface area (Å²) < 4.78 is 0. The zero-order valence-electron chi connectivity index (χ0n) is 17.5. The van der Waals surface area contributed by atoms with E-state index in [0.717, 1.165) is 34.7 Å². The zero-order valence-corrected chi connectivity index (χ0v) is 17.5. The number of nitrogens with zero attached hydrogens (tertiary/aromatic N) is 3. The number of anilines is 1. The van der Waals surface area contributed by atoms with Gasteiger partial charge in [0.2, 0.25) is 0 Å². The summed E-state index contributed by atoms with van der Waals surface area (Å²) in [6, 6.07) is 3.47. The summed E-state index contributed by atoms with van der Waals surface area (Å²) in [6.45, 7) is 4.70. The summed E-state index contributed by atoms with van der Waals surface area (Å²) in [7, 11) is 4.24. The van der Waals surface area contributed by atoms with Crippen molar-refractivity contribution in [2.45, 2.75) is 77.3 Å². The molecule has 0 saturated heterocycles. The summed E-state index contributed by atoms with van der Waals surface area (Å²) in [5.41, 5.74) is 0.926. The minimum Gasteiger partial charge on any atom is -0.356 e. The first kappa shape index (κ1) is 20.1. The molecule has 2 aliphatic carbocycles. The number of aromatic amines is 1. The molecule has 5 nitrogen and oxygen atoms in total. The summed E-state index contributed by atoms with van der Waals surface area (Å²) in [5, 5.41) is 4.48. The first-order valence-corrected chi connectivity index (χ1v) is 10.8. The Morgan fingerprint density at radius 3 is 2.37 bits per heavy atom. The maximum absolute atomic E-state index is 4.48. The first-order chi connectivity index (χ1) is 13.1. The molecule has 2 N–H and O–H groups in total. The van der Waals surface area contributed by atoms with Crippen LogP contribution in [0.25, 0.3) is 11.0 Å². The number of rotatable bonds is 3.